The van der Waals surface area contributed by atoms with E-state index in [1.54, 1.807) is 36.4 Å². The van der Waals surface area contributed by atoms with Crippen LogP contribution in [0.4, 0.5) is 11.4 Å². The Morgan fingerprint density at radius 3 is 1.44 bits per heavy atom. The first-order valence-electron chi connectivity index (χ1n) is 5.57. The van der Waals surface area contributed by atoms with Crippen LogP contribution >= 0.6 is 0 Å². The zero-order valence-corrected chi connectivity index (χ0v) is 10.3. The van der Waals surface area contributed by atoms with Crippen LogP contribution in [0.1, 0.15) is 11.1 Å². The van der Waals surface area contributed by atoms with Crippen LogP contribution in [-0.4, -0.2) is 10.2 Å². The molecule has 0 saturated heterocycles. The maximum atomic E-state index is 9.30. The van der Waals surface area contributed by atoms with E-state index in [1.165, 1.54) is 0 Å². The van der Waals surface area contributed by atoms with Gasteiger partial charge >= 0.3 is 0 Å². The van der Waals surface area contributed by atoms with E-state index in [2.05, 4.69) is 10.2 Å². The van der Waals surface area contributed by atoms with E-state index in [-0.39, 0.29) is 11.5 Å². The first-order valence-corrected chi connectivity index (χ1v) is 5.57. The van der Waals surface area contributed by atoms with Gasteiger partial charge in [0.25, 0.3) is 0 Å². The van der Waals surface area contributed by atoms with E-state index < -0.39 is 0 Å². The second kappa shape index (κ2) is 4.87. The number of aryl methyl sites for hydroxylation is 2. The third kappa shape index (κ3) is 2.66. The fourth-order valence-corrected chi connectivity index (χ4v) is 1.61. The molecule has 0 radical (unpaired) electrons. The van der Waals surface area contributed by atoms with Crippen LogP contribution in [0.25, 0.3) is 0 Å². The maximum Gasteiger partial charge on any atom is 0.115 e. The molecule has 0 amide bonds. The second-order valence-corrected chi connectivity index (χ2v) is 4.14. The largest absolute Gasteiger partial charge is 0.508 e. The van der Waals surface area contributed by atoms with Crippen LogP contribution in [0.5, 0.6) is 11.5 Å². The number of nitrogens with zero attached hydrogens (tertiary/aromatic N) is 2. The highest BCUT2D eigenvalue weighted by Gasteiger charge is 2.00. The molecule has 2 rings (SSSR count). The summed E-state index contributed by atoms with van der Waals surface area (Å²) in [5.41, 5.74) is 3.13. The van der Waals surface area contributed by atoms with Gasteiger partial charge in [-0.25, -0.2) is 0 Å². The monoisotopic (exact) mass is 242 g/mol. The minimum Gasteiger partial charge on any atom is -0.508 e. The lowest BCUT2D eigenvalue weighted by Crippen LogP contribution is -1.75. The Kier molecular flexibility index (Phi) is 3.28. The standard InChI is InChI=1S/C14H14N2O2/c1-9-7-11(17)3-5-13(9)15-16-14-6-4-12(18)8-10(14)2/h3-8,17-18H,1-2H3/b16-15+. The fourth-order valence-electron chi connectivity index (χ4n) is 1.61. The van der Waals surface area contributed by atoms with Crippen LogP contribution in [0, 0.1) is 13.8 Å². The molecule has 4 heteroatoms. The van der Waals surface area contributed by atoms with Crippen molar-refractivity contribution in [3.05, 3.63) is 47.5 Å². The van der Waals surface area contributed by atoms with Gasteiger partial charge in [-0.2, -0.15) is 10.2 Å². The molecule has 92 valence electrons. The average molecular weight is 242 g/mol. The molecular formula is C14H14N2O2. The molecule has 0 fully saturated rings. The number of hydrogen-bond acceptors (Lipinski definition) is 4. The summed E-state index contributed by atoms with van der Waals surface area (Å²) in [6, 6.07) is 9.85. The smallest absolute Gasteiger partial charge is 0.115 e. The molecule has 0 aliphatic carbocycles. The second-order valence-electron chi connectivity index (χ2n) is 4.14. The number of hydrogen-bond donors (Lipinski definition) is 2. The number of azo groups is 1. The third-order valence-electron chi connectivity index (χ3n) is 2.63. The summed E-state index contributed by atoms with van der Waals surface area (Å²) in [6.07, 6.45) is 0. The van der Waals surface area contributed by atoms with Gasteiger partial charge in [-0.1, -0.05) is 0 Å². The van der Waals surface area contributed by atoms with Gasteiger partial charge in [0.2, 0.25) is 0 Å². The van der Waals surface area contributed by atoms with Crippen LogP contribution in [0.3, 0.4) is 0 Å². The summed E-state index contributed by atoms with van der Waals surface area (Å²) >= 11 is 0. The van der Waals surface area contributed by atoms with Crippen LogP contribution in [0.2, 0.25) is 0 Å². The Bertz CT molecular complexity index is 553. The lowest BCUT2D eigenvalue weighted by Gasteiger charge is -2.01. The summed E-state index contributed by atoms with van der Waals surface area (Å²) < 4.78 is 0. The average Bonchev–Trinajstić information content (AvgIpc) is 2.30. The van der Waals surface area contributed by atoms with Crippen molar-refractivity contribution in [3.8, 4) is 11.5 Å². The van der Waals surface area contributed by atoms with Gasteiger partial charge in [0, 0.05) is 0 Å². The Hall–Kier alpha value is -2.36. The predicted octanol–water partition coefficient (Wildman–Crippen LogP) is 4.13. The highest BCUT2D eigenvalue weighted by molar-refractivity contribution is 5.51. The quantitative estimate of drug-likeness (QED) is 0.777. The van der Waals surface area contributed by atoms with Crippen molar-refractivity contribution < 1.29 is 10.2 Å². The number of phenolic OH excluding ortho intramolecular Hbond substituents is 2. The lowest BCUT2D eigenvalue weighted by atomic mass is 10.2. The zero-order valence-electron chi connectivity index (χ0n) is 10.3. The van der Waals surface area contributed by atoms with Crippen LogP contribution in [-0.2, 0) is 0 Å². The molecule has 0 spiro atoms. The SMILES string of the molecule is Cc1cc(O)ccc1/N=N/c1ccc(O)cc1C. The maximum absolute atomic E-state index is 9.30. The van der Waals surface area contributed by atoms with Gasteiger partial charge < -0.3 is 10.2 Å². The van der Waals surface area contributed by atoms with Crippen LogP contribution < -0.4 is 0 Å². The minimum atomic E-state index is 0.215. The predicted molar refractivity (Wildman–Crippen MR) is 69.9 cm³/mol. The number of benzene rings is 2. The van der Waals surface area contributed by atoms with Gasteiger partial charge in [-0.15, -0.1) is 0 Å². The van der Waals surface area contributed by atoms with E-state index in [0.29, 0.717) is 11.4 Å². The Morgan fingerprint density at radius 1 is 0.722 bits per heavy atom. The molecular weight excluding hydrogens is 228 g/mol. The van der Waals surface area contributed by atoms with Crippen LogP contribution in [0.15, 0.2) is 46.6 Å². The first kappa shape index (κ1) is 12.1. The van der Waals surface area contributed by atoms with Crippen molar-refractivity contribution in [1.82, 2.24) is 0 Å². The van der Waals surface area contributed by atoms with E-state index >= 15 is 0 Å². The van der Waals surface area contributed by atoms with Gasteiger partial charge in [-0.05, 0) is 61.4 Å². The first-order chi connectivity index (χ1) is 8.56. The molecule has 4 nitrogen and oxygen atoms in total. The fraction of sp³-hybridized carbons (Fsp3) is 0.143. The molecule has 0 atom stereocenters. The number of phenols is 2. The Labute approximate surface area is 105 Å². The molecule has 18 heavy (non-hydrogen) atoms. The summed E-state index contributed by atoms with van der Waals surface area (Å²) in [4.78, 5) is 0. The molecule has 0 bridgehead atoms. The summed E-state index contributed by atoms with van der Waals surface area (Å²) in [5, 5.41) is 26.9. The molecule has 0 saturated carbocycles. The van der Waals surface area contributed by atoms with E-state index in [1.807, 2.05) is 13.8 Å². The van der Waals surface area contributed by atoms with Crippen molar-refractivity contribution in [3.63, 3.8) is 0 Å². The van der Waals surface area contributed by atoms with E-state index in [9.17, 15) is 10.2 Å². The highest BCUT2D eigenvalue weighted by Crippen LogP contribution is 2.27. The Balaban J connectivity index is 2.30. The normalized spacial score (nSPS) is 11.0. The lowest BCUT2D eigenvalue weighted by molar-refractivity contribution is 0.474. The molecule has 0 aromatic heterocycles. The molecule has 0 aliphatic rings. The Morgan fingerprint density at radius 2 is 1.11 bits per heavy atom. The van der Waals surface area contributed by atoms with Crippen molar-refractivity contribution in [2.24, 2.45) is 10.2 Å². The third-order valence-corrected chi connectivity index (χ3v) is 2.63. The van der Waals surface area contributed by atoms with E-state index in [4.69, 9.17) is 0 Å². The molecule has 0 unspecified atom stereocenters. The number of aromatic hydroxyl groups is 2. The molecule has 2 aromatic carbocycles. The van der Waals surface area contributed by atoms with Crippen molar-refractivity contribution in [2.45, 2.75) is 13.8 Å². The molecule has 0 aliphatic heterocycles. The summed E-state index contributed by atoms with van der Waals surface area (Å²) in [7, 11) is 0. The van der Waals surface area contributed by atoms with Gasteiger partial charge in [-0.3, -0.25) is 0 Å². The molecule has 0 heterocycles. The summed E-state index contributed by atoms with van der Waals surface area (Å²) in [6.45, 7) is 3.72. The minimum absolute atomic E-state index is 0.215. The zero-order chi connectivity index (χ0) is 13.1. The topological polar surface area (TPSA) is 65.2 Å². The highest BCUT2D eigenvalue weighted by atomic mass is 16.3. The van der Waals surface area contributed by atoms with Gasteiger partial charge in [0.15, 0.2) is 0 Å². The van der Waals surface area contributed by atoms with Gasteiger partial charge in [0.05, 0.1) is 11.4 Å². The summed E-state index contributed by atoms with van der Waals surface area (Å²) in [5.74, 6) is 0.430. The number of rotatable bonds is 2. The van der Waals surface area contributed by atoms with Crippen molar-refractivity contribution >= 4 is 11.4 Å². The van der Waals surface area contributed by atoms with E-state index in [0.717, 1.165) is 11.1 Å². The molecule has 2 N–H and O–H groups in total. The van der Waals surface area contributed by atoms with Crippen molar-refractivity contribution in [1.29, 1.82) is 0 Å². The van der Waals surface area contributed by atoms with Gasteiger partial charge in [0.1, 0.15) is 11.5 Å². The molecule has 2 aromatic rings. The van der Waals surface area contributed by atoms with Crippen molar-refractivity contribution in [2.75, 3.05) is 0 Å².